The van der Waals surface area contributed by atoms with Crippen molar-refractivity contribution in [2.45, 2.75) is 73.0 Å². The van der Waals surface area contributed by atoms with Crippen LogP contribution in [0.1, 0.15) is 71.2 Å². The van der Waals surface area contributed by atoms with E-state index in [1.165, 1.54) is 19.1 Å². The standard InChI is InChI=1S/C29H33NO9/c1-14(2)18-21(32)19-20(22(33)24(18)39-27(35)16-8-10-17(11-9-16)30(36)37)29(6)13-7-12-28(4,5)26(29)23(34)25(19)38-15(3)31/h8-11,14,23,25-26,34H,7,12-13H2,1-6H3/t23-,25+,26+,29-/m1/s1. The van der Waals surface area contributed by atoms with Gasteiger partial charge in [0.2, 0.25) is 5.78 Å². The van der Waals surface area contributed by atoms with Crippen molar-refractivity contribution >= 4 is 29.2 Å². The summed E-state index contributed by atoms with van der Waals surface area (Å²) in [5.41, 5.74) is -1.66. The van der Waals surface area contributed by atoms with Crippen molar-refractivity contribution in [3.8, 4) is 0 Å². The van der Waals surface area contributed by atoms with Gasteiger partial charge in [0.15, 0.2) is 17.6 Å². The summed E-state index contributed by atoms with van der Waals surface area (Å²) >= 11 is 0. The Morgan fingerprint density at radius 1 is 1.08 bits per heavy atom. The first-order chi connectivity index (χ1) is 18.1. The highest BCUT2D eigenvalue weighted by Gasteiger charge is 2.62. The Kier molecular flexibility index (Phi) is 7.14. The predicted octanol–water partition coefficient (Wildman–Crippen LogP) is 4.25. The molecular weight excluding hydrogens is 506 g/mol. The van der Waals surface area contributed by atoms with Gasteiger partial charge in [-0.05, 0) is 36.3 Å². The summed E-state index contributed by atoms with van der Waals surface area (Å²) in [6.45, 7) is 10.3. The molecule has 208 valence electrons. The minimum atomic E-state index is -1.34. The molecule has 0 spiro atoms. The van der Waals surface area contributed by atoms with Gasteiger partial charge in [-0.1, -0.05) is 41.0 Å². The maximum Gasteiger partial charge on any atom is 0.343 e. The molecule has 0 aromatic heterocycles. The quantitative estimate of drug-likeness (QED) is 0.251. The first-order valence-corrected chi connectivity index (χ1v) is 13.0. The molecule has 10 heteroatoms. The van der Waals surface area contributed by atoms with Crippen LogP contribution in [-0.2, 0) is 23.9 Å². The number of Topliss-reactive ketones (excluding diaryl/α,β-unsaturated/α-hetero) is 2. The molecule has 0 radical (unpaired) electrons. The third kappa shape index (κ3) is 4.60. The molecule has 0 bridgehead atoms. The molecule has 3 aliphatic carbocycles. The van der Waals surface area contributed by atoms with E-state index in [0.717, 1.165) is 25.0 Å². The highest BCUT2D eigenvalue weighted by molar-refractivity contribution is 6.26. The van der Waals surface area contributed by atoms with Crippen LogP contribution in [0, 0.1) is 32.8 Å². The lowest BCUT2D eigenvalue weighted by Crippen LogP contribution is -2.60. The van der Waals surface area contributed by atoms with Gasteiger partial charge >= 0.3 is 11.9 Å². The number of aliphatic hydroxyl groups excluding tert-OH is 1. The first-order valence-electron chi connectivity index (χ1n) is 13.0. The van der Waals surface area contributed by atoms with E-state index >= 15 is 0 Å². The molecule has 39 heavy (non-hydrogen) atoms. The number of carbonyl (C=O) groups is 4. The van der Waals surface area contributed by atoms with E-state index in [1.54, 1.807) is 13.8 Å². The summed E-state index contributed by atoms with van der Waals surface area (Å²) in [5.74, 6) is -4.39. The summed E-state index contributed by atoms with van der Waals surface area (Å²) < 4.78 is 11.1. The van der Waals surface area contributed by atoms with Gasteiger partial charge < -0.3 is 14.6 Å². The lowest BCUT2D eigenvalue weighted by molar-refractivity contribution is -0.384. The van der Waals surface area contributed by atoms with Crippen molar-refractivity contribution in [2.75, 3.05) is 0 Å². The van der Waals surface area contributed by atoms with Gasteiger partial charge in [-0.25, -0.2) is 4.79 Å². The van der Waals surface area contributed by atoms with Crippen LogP contribution in [0.15, 0.2) is 46.7 Å². The fourth-order valence-corrected chi connectivity index (χ4v) is 6.91. The number of aliphatic hydroxyl groups is 1. The topological polar surface area (TPSA) is 150 Å². The maximum absolute atomic E-state index is 14.3. The van der Waals surface area contributed by atoms with Gasteiger partial charge in [0.1, 0.15) is 0 Å². The minimum absolute atomic E-state index is 0.0315. The van der Waals surface area contributed by atoms with Crippen LogP contribution in [0.5, 0.6) is 0 Å². The molecule has 1 aromatic rings. The highest BCUT2D eigenvalue weighted by Crippen LogP contribution is 2.61. The summed E-state index contributed by atoms with van der Waals surface area (Å²) in [6.07, 6.45) is -0.560. The summed E-state index contributed by atoms with van der Waals surface area (Å²) in [4.78, 5) is 63.9. The van der Waals surface area contributed by atoms with Crippen LogP contribution in [0.3, 0.4) is 0 Å². The number of benzene rings is 1. The number of ether oxygens (including phenoxy) is 2. The number of hydrogen-bond acceptors (Lipinski definition) is 9. The van der Waals surface area contributed by atoms with Crippen LogP contribution >= 0.6 is 0 Å². The normalized spacial score (nSPS) is 28.2. The van der Waals surface area contributed by atoms with E-state index < -0.39 is 69.1 Å². The van der Waals surface area contributed by atoms with Crippen molar-refractivity contribution in [3.63, 3.8) is 0 Å². The third-order valence-electron chi connectivity index (χ3n) is 8.37. The molecule has 1 saturated carbocycles. The Labute approximate surface area is 226 Å². The Morgan fingerprint density at radius 2 is 1.69 bits per heavy atom. The van der Waals surface area contributed by atoms with E-state index in [2.05, 4.69) is 0 Å². The molecule has 0 unspecified atom stereocenters. The maximum atomic E-state index is 14.3. The Bertz CT molecular complexity index is 1330. The second-order valence-corrected chi connectivity index (χ2v) is 11.8. The van der Waals surface area contributed by atoms with Crippen LogP contribution in [-0.4, -0.2) is 45.7 Å². The zero-order chi connectivity index (χ0) is 29.0. The van der Waals surface area contributed by atoms with Gasteiger partial charge in [0.25, 0.3) is 5.69 Å². The molecule has 0 aliphatic heterocycles. The lowest BCUT2D eigenvalue weighted by atomic mass is 9.47. The van der Waals surface area contributed by atoms with Crippen LogP contribution in [0.2, 0.25) is 0 Å². The average Bonchev–Trinajstić information content (AvgIpc) is 2.82. The van der Waals surface area contributed by atoms with E-state index in [1.807, 2.05) is 20.8 Å². The van der Waals surface area contributed by atoms with E-state index in [-0.39, 0.29) is 28.0 Å². The number of ketones is 2. The molecular formula is C29H33NO9. The minimum Gasteiger partial charge on any atom is -0.455 e. The largest absolute Gasteiger partial charge is 0.455 e. The number of esters is 2. The van der Waals surface area contributed by atoms with Crippen LogP contribution in [0.4, 0.5) is 5.69 Å². The Balaban J connectivity index is 1.86. The Morgan fingerprint density at radius 3 is 2.23 bits per heavy atom. The van der Waals surface area contributed by atoms with Crippen molar-refractivity contribution in [3.05, 3.63) is 62.4 Å². The SMILES string of the molecule is CC(=O)O[C@H]1C2=C(C(=O)C(OC(=O)c3ccc([N+](=O)[O-])cc3)=C(C(C)C)C2=O)[C@@]2(C)CCCC(C)(C)[C@@H]2[C@@H]1O. The molecule has 0 saturated heterocycles. The second-order valence-electron chi connectivity index (χ2n) is 11.8. The summed E-state index contributed by atoms with van der Waals surface area (Å²) in [7, 11) is 0. The molecule has 4 atom stereocenters. The van der Waals surface area contributed by atoms with E-state index in [9.17, 15) is 34.4 Å². The third-order valence-corrected chi connectivity index (χ3v) is 8.37. The number of allylic oxidation sites excluding steroid dienone is 2. The lowest BCUT2D eigenvalue weighted by Gasteiger charge is -2.58. The van der Waals surface area contributed by atoms with E-state index in [4.69, 9.17) is 9.47 Å². The monoisotopic (exact) mass is 539 g/mol. The van der Waals surface area contributed by atoms with Gasteiger partial charge in [-0.15, -0.1) is 0 Å². The molecule has 10 nitrogen and oxygen atoms in total. The smallest absolute Gasteiger partial charge is 0.343 e. The first kappa shape index (κ1) is 28.4. The number of fused-ring (bicyclic) bond motifs is 2. The van der Waals surface area contributed by atoms with Gasteiger partial charge in [-0.2, -0.15) is 0 Å². The second kappa shape index (κ2) is 9.82. The average molecular weight is 540 g/mol. The van der Waals surface area contributed by atoms with Crippen molar-refractivity contribution < 1.29 is 38.7 Å². The van der Waals surface area contributed by atoms with Gasteiger partial charge in [0.05, 0.1) is 22.2 Å². The molecule has 1 fully saturated rings. The molecule has 1 aromatic carbocycles. The van der Waals surface area contributed by atoms with E-state index in [0.29, 0.717) is 6.42 Å². The summed E-state index contributed by atoms with van der Waals surface area (Å²) in [6, 6.07) is 4.71. The number of carbonyl (C=O) groups excluding carboxylic acids is 4. The number of nitro groups is 1. The molecule has 3 aliphatic rings. The van der Waals surface area contributed by atoms with Crippen molar-refractivity contribution in [1.82, 2.24) is 0 Å². The fraction of sp³-hybridized carbons (Fsp3) is 0.517. The number of hydrogen-bond donors (Lipinski definition) is 1. The molecule has 1 N–H and O–H groups in total. The number of nitro benzene ring substituents is 1. The zero-order valence-electron chi connectivity index (χ0n) is 22.9. The number of nitrogens with zero attached hydrogens (tertiary/aromatic N) is 1. The molecule has 0 heterocycles. The van der Waals surface area contributed by atoms with Crippen molar-refractivity contribution in [2.24, 2.45) is 22.7 Å². The predicted molar refractivity (Wildman–Crippen MR) is 138 cm³/mol. The van der Waals surface area contributed by atoms with Gasteiger partial charge in [0, 0.05) is 41.5 Å². The molecule has 4 rings (SSSR count). The van der Waals surface area contributed by atoms with Gasteiger partial charge in [-0.3, -0.25) is 24.5 Å². The van der Waals surface area contributed by atoms with Crippen LogP contribution in [0.25, 0.3) is 0 Å². The van der Waals surface area contributed by atoms with Crippen LogP contribution < -0.4 is 0 Å². The van der Waals surface area contributed by atoms with Crippen molar-refractivity contribution in [1.29, 1.82) is 0 Å². The zero-order valence-corrected chi connectivity index (χ0v) is 22.9. The summed E-state index contributed by atoms with van der Waals surface area (Å²) in [5, 5.41) is 22.6. The highest BCUT2D eigenvalue weighted by atomic mass is 16.6. The fourth-order valence-electron chi connectivity index (χ4n) is 6.91. The number of rotatable bonds is 5. The molecule has 0 amide bonds. The number of non-ortho nitro benzene ring substituents is 1. The Hall–Kier alpha value is -3.66.